The molecular weight excluding hydrogens is 346 g/mol. The number of nitrogens with zero attached hydrogens (tertiary/aromatic N) is 3. The van der Waals surface area contributed by atoms with Crippen LogP contribution >= 0.6 is 0 Å². The van der Waals surface area contributed by atoms with Crippen molar-refractivity contribution in [2.24, 2.45) is 0 Å². The molecule has 1 atom stereocenters. The number of carbonyl (C=O) groups excluding carboxylic acids is 1. The van der Waals surface area contributed by atoms with Crippen molar-refractivity contribution in [3.05, 3.63) is 60.5 Å². The predicted octanol–water partition coefficient (Wildman–Crippen LogP) is 3.17. The first-order valence-corrected chi connectivity index (χ1v) is 8.50. The highest BCUT2D eigenvalue weighted by molar-refractivity contribution is 5.80. The van der Waals surface area contributed by atoms with Crippen LogP contribution in [0.4, 0.5) is 0 Å². The smallest absolute Gasteiger partial charge is 0.263 e. The molecule has 0 saturated carbocycles. The van der Waals surface area contributed by atoms with Gasteiger partial charge in [0.2, 0.25) is 11.7 Å². The molecule has 1 heterocycles. The van der Waals surface area contributed by atoms with Crippen molar-refractivity contribution in [2.45, 2.75) is 19.6 Å². The molecule has 0 saturated heterocycles. The molecule has 27 heavy (non-hydrogen) atoms. The zero-order chi connectivity index (χ0) is 19.2. The van der Waals surface area contributed by atoms with E-state index in [1.54, 1.807) is 21.1 Å². The molecule has 0 aliphatic rings. The molecule has 0 radical (unpaired) electrons. The van der Waals surface area contributed by atoms with Crippen molar-refractivity contribution in [1.82, 2.24) is 15.0 Å². The lowest BCUT2D eigenvalue weighted by atomic mass is 10.2. The first-order chi connectivity index (χ1) is 13.1. The number of carbonyl (C=O) groups is 1. The second-order valence-electron chi connectivity index (χ2n) is 6.01. The maximum absolute atomic E-state index is 12.5. The first kappa shape index (κ1) is 18.4. The SMILES string of the molecule is COc1cccc(-c2noc(CN(C)C(=O)[C@H](C)Oc3ccccc3)n2)c1. The number of ether oxygens (including phenoxy) is 2. The van der Waals surface area contributed by atoms with Crippen LogP contribution in [0.2, 0.25) is 0 Å². The predicted molar refractivity (Wildman–Crippen MR) is 99.3 cm³/mol. The van der Waals surface area contributed by atoms with Crippen molar-refractivity contribution >= 4 is 5.91 Å². The monoisotopic (exact) mass is 367 g/mol. The Bertz CT molecular complexity index is 895. The average Bonchev–Trinajstić information content (AvgIpc) is 3.16. The summed E-state index contributed by atoms with van der Waals surface area (Å²) in [6, 6.07) is 16.6. The van der Waals surface area contributed by atoms with Crippen molar-refractivity contribution < 1.29 is 18.8 Å². The number of amides is 1. The van der Waals surface area contributed by atoms with E-state index in [4.69, 9.17) is 14.0 Å². The number of likely N-dealkylation sites (N-methyl/N-ethyl adjacent to an activating group) is 1. The van der Waals surface area contributed by atoms with Crippen LogP contribution < -0.4 is 9.47 Å². The summed E-state index contributed by atoms with van der Waals surface area (Å²) in [5.41, 5.74) is 0.777. The Kier molecular flexibility index (Phi) is 5.71. The van der Waals surface area contributed by atoms with Gasteiger partial charge in [0.25, 0.3) is 5.91 Å². The number of rotatable bonds is 7. The number of para-hydroxylation sites is 1. The van der Waals surface area contributed by atoms with Crippen LogP contribution in [-0.4, -0.2) is 41.2 Å². The zero-order valence-electron chi connectivity index (χ0n) is 15.5. The third-order valence-corrected chi connectivity index (χ3v) is 3.95. The summed E-state index contributed by atoms with van der Waals surface area (Å²) < 4.78 is 16.1. The van der Waals surface area contributed by atoms with Gasteiger partial charge < -0.3 is 18.9 Å². The molecule has 2 aromatic carbocycles. The molecule has 0 spiro atoms. The van der Waals surface area contributed by atoms with Gasteiger partial charge in [0.1, 0.15) is 11.5 Å². The molecule has 0 fully saturated rings. The standard InChI is InChI=1S/C20H21N3O4/c1-14(26-16-9-5-4-6-10-16)20(24)23(2)13-18-21-19(22-27-18)15-8-7-11-17(12-15)25-3/h4-12,14H,13H2,1-3H3/t14-/m0/s1. The minimum absolute atomic E-state index is 0.181. The van der Waals surface area contributed by atoms with Crippen LogP contribution in [0.1, 0.15) is 12.8 Å². The summed E-state index contributed by atoms with van der Waals surface area (Å²) in [5, 5.41) is 3.98. The molecule has 0 aliphatic carbocycles. The van der Waals surface area contributed by atoms with E-state index in [2.05, 4.69) is 10.1 Å². The number of hydrogen-bond acceptors (Lipinski definition) is 6. The Balaban J connectivity index is 1.63. The topological polar surface area (TPSA) is 77.7 Å². The molecule has 1 aromatic heterocycles. The number of hydrogen-bond donors (Lipinski definition) is 0. The molecular formula is C20H21N3O4. The highest BCUT2D eigenvalue weighted by atomic mass is 16.5. The average molecular weight is 367 g/mol. The molecule has 0 aliphatic heterocycles. The molecule has 7 nitrogen and oxygen atoms in total. The lowest BCUT2D eigenvalue weighted by molar-refractivity contribution is -0.137. The van der Waals surface area contributed by atoms with Crippen LogP contribution in [0.25, 0.3) is 11.4 Å². The Morgan fingerprint density at radius 2 is 1.89 bits per heavy atom. The van der Waals surface area contributed by atoms with Gasteiger partial charge in [-0.15, -0.1) is 0 Å². The second kappa shape index (κ2) is 8.35. The lowest BCUT2D eigenvalue weighted by Crippen LogP contribution is -2.37. The molecule has 3 aromatic rings. The van der Waals surface area contributed by atoms with Crippen LogP contribution in [0.3, 0.4) is 0 Å². The number of aromatic nitrogens is 2. The van der Waals surface area contributed by atoms with Crippen LogP contribution in [0.5, 0.6) is 11.5 Å². The minimum atomic E-state index is -0.627. The van der Waals surface area contributed by atoms with Crippen molar-refractivity contribution in [3.8, 4) is 22.9 Å². The summed E-state index contributed by atoms with van der Waals surface area (Å²) in [6.45, 7) is 1.90. The maximum Gasteiger partial charge on any atom is 0.263 e. The van der Waals surface area contributed by atoms with E-state index in [-0.39, 0.29) is 12.5 Å². The minimum Gasteiger partial charge on any atom is -0.497 e. The normalized spacial score (nSPS) is 11.7. The Morgan fingerprint density at radius 1 is 1.15 bits per heavy atom. The van der Waals surface area contributed by atoms with Gasteiger partial charge in [-0.2, -0.15) is 4.98 Å². The highest BCUT2D eigenvalue weighted by Crippen LogP contribution is 2.21. The summed E-state index contributed by atoms with van der Waals surface area (Å²) in [4.78, 5) is 18.4. The Morgan fingerprint density at radius 3 is 2.63 bits per heavy atom. The quantitative estimate of drug-likeness (QED) is 0.638. The van der Waals surface area contributed by atoms with Gasteiger partial charge in [-0.05, 0) is 31.2 Å². The Labute approximate surface area is 157 Å². The van der Waals surface area contributed by atoms with Crippen LogP contribution in [-0.2, 0) is 11.3 Å². The van der Waals surface area contributed by atoms with E-state index in [1.807, 2.05) is 54.6 Å². The number of benzene rings is 2. The van der Waals surface area contributed by atoms with Gasteiger partial charge in [0, 0.05) is 12.6 Å². The summed E-state index contributed by atoms with van der Waals surface area (Å²) in [7, 11) is 3.27. The van der Waals surface area contributed by atoms with E-state index < -0.39 is 6.10 Å². The van der Waals surface area contributed by atoms with Gasteiger partial charge in [-0.3, -0.25) is 4.79 Å². The van der Waals surface area contributed by atoms with Crippen molar-refractivity contribution in [2.75, 3.05) is 14.2 Å². The van der Waals surface area contributed by atoms with Crippen molar-refractivity contribution in [1.29, 1.82) is 0 Å². The Hall–Kier alpha value is -3.35. The van der Waals surface area contributed by atoms with E-state index in [9.17, 15) is 4.79 Å². The van der Waals surface area contributed by atoms with Gasteiger partial charge in [0.05, 0.1) is 13.7 Å². The maximum atomic E-state index is 12.5. The largest absolute Gasteiger partial charge is 0.497 e. The van der Waals surface area contributed by atoms with Gasteiger partial charge in [-0.25, -0.2) is 0 Å². The molecule has 3 rings (SSSR count). The fourth-order valence-corrected chi connectivity index (χ4v) is 2.54. The fourth-order valence-electron chi connectivity index (χ4n) is 2.54. The third-order valence-electron chi connectivity index (χ3n) is 3.95. The number of methoxy groups -OCH3 is 1. The van der Waals surface area contributed by atoms with E-state index >= 15 is 0 Å². The second-order valence-corrected chi connectivity index (χ2v) is 6.01. The third kappa shape index (κ3) is 4.63. The zero-order valence-corrected chi connectivity index (χ0v) is 15.5. The molecule has 140 valence electrons. The first-order valence-electron chi connectivity index (χ1n) is 8.50. The van der Waals surface area contributed by atoms with Gasteiger partial charge in [-0.1, -0.05) is 35.5 Å². The molecule has 0 unspecified atom stereocenters. The van der Waals surface area contributed by atoms with Crippen LogP contribution in [0, 0.1) is 0 Å². The van der Waals surface area contributed by atoms with Crippen LogP contribution in [0.15, 0.2) is 59.1 Å². The molecule has 7 heteroatoms. The molecule has 0 bridgehead atoms. The summed E-state index contributed by atoms with van der Waals surface area (Å²) in [5.74, 6) is 1.96. The van der Waals surface area contributed by atoms with E-state index in [0.29, 0.717) is 23.2 Å². The van der Waals surface area contributed by atoms with E-state index in [1.165, 1.54) is 4.90 Å². The van der Waals surface area contributed by atoms with E-state index in [0.717, 1.165) is 5.56 Å². The van der Waals surface area contributed by atoms with Crippen molar-refractivity contribution in [3.63, 3.8) is 0 Å². The lowest BCUT2D eigenvalue weighted by Gasteiger charge is -2.20. The summed E-state index contributed by atoms with van der Waals surface area (Å²) >= 11 is 0. The highest BCUT2D eigenvalue weighted by Gasteiger charge is 2.21. The molecule has 1 amide bonds. The molecule has 0 N–H and O–H groups in total. The summed E-state index contributed by atoms with van der Waals surface area (Å²) in [6.07, 6.45) is -0.627. The van der Waals surface area contributed by atoms with Gasteiger partial charge >= 0.3 is 0 Å². The fraction of sp³-hybridized carbons (Fsp3) is 0.250. The van der Waals surface area contributed by atoms with Gasteiger partial charge in [0.15, 0.2) is 6.10 Å².